The van der Waals surface area contributed by atoms with Crippen molar-refractivity contribution in [2.24, 2.45) is 5.10 Å². The second-order valence-corrected chi connectivity index (χ2v) is 9.24. The fourth-order valence-electron chi connectivity index (χ4n) is 4.26. The van der Waals surface area contributed by atoms with Gasteiger partial charge in [-0.25, -0.2) is 9.97 Å². The number of nitrogens with one attached hydrogen (secondary N) is 2. The van der Waals surface area contributed by atoms with Crippen molar-refractivity contribution in [1.29, 1.82) is 0 Å². The molecule has 0 saturated heterocycles. The number of hydrogen-bond acceptors (Lipinski definition) is 9. The van der Waals surface area contributed by atoms with Crippen LogP contribution in [-0.2, 0) is 4.74 Å². The maximum Gasteiger partial charge on any atom is 0.162 e. The summed E-state index contributed by atoms with van der Waals surface area (Å²) in [6.45, 7) is 8.62. The number of fused-ring (bicyclic) bond motifs is 1. The number of aryl methyl sites for hydroxylation is 1. The molecule has 4 aromatic rings. The number of ether oxygens (including phenoxy) is 2. The van der Waals surface area contributed by atoms with E-state index in [0.717, 1.165) is 45.5 Å². The van der Waals surface area contributed by atoms with Gasteiger partial charge in [-0.2, -0.15) is 5.10 Å². The largest absolute Gasteiger partial charge is 0.491 e. The number of methoxy groups -OCH3 is 1. The fraction of sp³-hybridized carbons (Fsp3) is 0.300. The zero-order chi connectivity index (χ0) is 27.8. The molecule has 0 saturated carbocycles. The summed E-state index contributed by atoms with van der Waals surface area (Å²) in [5.74, 6) is 1.93. The van der Waals surface area contributed by atoms with Gasteiger partial charge >= 0.3 is 0 Å². The molecule has 1 atom stereocenters. The van der Waals surface area contributed by atoms with Gasteiger partial charge in [0.1, 0.15) is 24.4 Å². The molecule has 0 amide bonds. The Morgan fingerprint density at radius 3 is 2.64 bits per heavy atom. The van der Waals surface area contributed by atoms with Gasteiger partial charge in [0.25, 0.3) is 0 Å². The van der Waals surface area contributed by atoms with Crippen molar-refractivity contribution in [1.82, 2.24) is 9.97 Å². The highest BCUT2D eigenvalue weighted by Gasteiger charge is 2.14. The summed E-state index contributed by atoms with van der Waals surface area (Å²) in [7, 11) is 3.51. The molecule has 204 valence electrons. The average molecular weight is 529 g/mol. The molecule has 1 heterocycles. The Kier molecular flexibility index (Phi) is 9.30. The van der Waals surface area contributed by atoms with E-state index in [4.69, 9.17) is 19.4 Å². The first-order chi connectivity index (χ1) is 18.9. The Morgan fingerprint density at radius 1 is 1.05 bits per heavy atom. The molecule has 0 bridgehead atoms. The number of nitrogens with zero attached hydrogens (tertiary/aromatic N) is 4. The van der Waals surface area contributed by atoms with Gasteiger partial charge < -0.3 is 25.2 Å². The van der Waals surface area contributed by atoms with Gasteiger partial charge in [-0.1, -0.05) is 25.5 Å². The van der Waals surface area contributed by atoms with E-state index >= 15 is 0 Å². The normalized spacial score (nSPS) is 11.7. The quantitative estimate of drug-likeness (QED) is 0.0846. The van der Waals surface area contributed by atoms with Crippen molar-refractivity contribution in [3.63, 3.8) is 0 Å². The Labute approximate surface area is 229 Å². The SMILES string of the molecule is C=NN(C)c1ccc(Nc2nc(-c3cccc(NC(O)CCC)c3)nc3ccc(OCCOC)cc23)cc1C. The zero-order valence-corrected chi connectivity index (χ0v) is 22.9. The van der Waals surface area contributed by atoms with Crippen molar-refractivity contribution >= 4 is 40.5 Å². The molecule has 0 spiro atoms. The molecule has 0 aliphatic carbocycles. The Morgan fingerprint density at radius 2 is 1.90 bits per heavy atom. The predicted octanol–water partition coefficient (Wildman–Crippen LogP) is 5.96. The van der Waals surface area contributed by atoms with Crippen molar-refractivity contribution in [2.45, 2.75) is 32.9 Å². The van der Waals surface area contributed by atoms with Crippen LogP contribution in [0.3, 0.4) is 0 Å². The third-order valence-electron chi connectivity index (χ3n) is 6.26. The lowest BCUT2D eigenvalue weighted by atomic mass is 10.1. The molecular weight excluding hydrogens is 492 g/mol. The van der Waals surface area contributed by atoms with Gasteiger partial charge in [0, 0.05) is 43.2 Å². The maximum atomic E-state index is 10.2. The van der Waals surface area contributed by atoms with Crippen LogP contribution < -0.4 is 20.4 Å². The monoisotopic (exact) mass is 528 g/mol. The summed E-state index contributed by atoms with van der Waals surface area (Å²) in [6.07, 6.45) is 0.934. The topological polar surface area (TPSA) is 104 Å². The lowest BCUT2D eigenvalue weighted by Gasteiger charge is -2.17. The summed E-state index contributed by atoms with van der Waals surface area (Å²) in [4.78, 5) is 9.79. The standard InChI is InChI=1S/C30H36N6O3/c1-6-8-28(37)32-22-10-7-9-21(18-22)29-34-26-13-12-24(39-16-15-38-5)19-25(26)30(35-29)33-23-11-14-27(20(2)17-23)36(4)31-3/h7,9-14,17-19,28,32,37H,3,6,8,15-16H2,1-2,4-5H3,(H,33,34,35). The van der Waals surface area contributed by atoms with Gasteiger partial charge in [0.2, 0.25) is 0 Å². The van der Waals surface area contributed by atoms with Gasteiger partial charge in [0.05, 0.1) is 17.8 Å². The summed E-state index contributed by atoms with van der Waals surface area (Å²) in [5, 5.41) is 23.4. The molecule has 3 aromatic carbocycles. The van der Waals surface area contributed by atoms with Crippen LogP contribution in [0.2, 0.25) is 0 Å². The number of aliphatic hydroxyl groups is 1. The van der Waals surface area contributed by atoms with Gasteiger partial charge in [-0.15, -0.1) is 0 Å². The van der Waals surface area contributed by atoms with Crippen LogP contribution in [-0.4, -0.2) is 55.4 Å². The molecule has 0 radical (unpaired) electrons. The fourth-order valence-corrected chi connectivity index (χ4v) is 4.26. The van der Waals surface area contributed by atoms with E-state index in [0.29, 0.717) is 37.0 Å². The van der Waals surface area contributed by atoms with Crippen LogP contribution in [0.5, 0.6) is 5.75 Å². The van der Waals surface area contributed by atoms with Crippen molar-refractivity contribution < 1.29 is 14.6 Å². The molecule has 0 aliphatic rings. The first kappa shape index (κ1) is 27.8. The van der Waals surface area contributed by atoms with Gasteiger partial charge in [-0.3, -0.25) is 5.01 Å². The number of benzene rings is 3. The highest BCUT2D eigenvalue weighted by molar-refractivity contribution is 5.93. The molecule has 0 aliphatic heterocycles. The van der Waals surface area contributed by atoms with Crippen LogP contribution in [0.1, 0.15) is 25.3 Å². The van der Waals surface area contributed by atoms with Crippen LogP contribution in [0.4, 0.5) is 22.9 Å². The first-order valence-electron chi connectivity index (χ1n) is 13.0. The highest BCUT2D eigenvalue weighted by Crippen LogP contribution is 2.32. The summed E-state index contributed by atoms with van der Waals surface area (Å²) in [5.41, 5.74) is 5.30. The summed E-state index contributed by atoms with van der Waals surface area (Å²) in [6, 6.07) is 19.5. The van der Waals surface area contributed by atoms with Crippen molar-refractivity contribution in [3.05, 3.63) is 66.2 Å². The van der Waals surface area contributed by atoms with E-state index in [9.17, 15) is 5.11 Å². The molecule has 39 heavy (non-hydrogen) atoms. The smallest absolute Gasteiger partial charge is 0.162 e. The zero-order valence-electron chi connectivity index (χ0n) is 22.9. The van der Waals surface area contributed by atoms with Crippen molar-refractivity contribution in [3.8, 4) is 17.1 Å². The number of aliphatic hydroxyl groups excluding tert-OH is 1. The van der Waals surface area contributed by atoms with Gasteiger partial charge in [-0.05, 0) is 67.4 Å². The Balaban J connectivity index is 1.75. The average Bonchev–Trinajstić information content (AvgIpc) is 2.93. The molecule has 4 rings (SSSR count). The summed E-state index contributed by atoms with van der Waals surface area (Å²) >= 11 is 0. The number of hydrogen-bond donors (Lipinski definition) is 3. The maximum absolute atomic E-state index is 10.2. The lowest BCUT2D eigenvalue weighted by molar-refractivity contribution is 0.146. The van der Waals surface area contributed by atoms with Crippen LogP contribution >= 0.6 is 0 Å². The van der Waals surface area contributed by atoms with E-state index in [2.05, 4.69) is 22.5 Å². The van der Waals surface area contributed by atoms with Crippen LogP contribution in [0, 0.1) is 6.92 Å². The van der Waals surface area contributed by atoms with Crippen LogP contribution in [0.25, 0.3) is 22.3 Å². The number of anilines is 4. The van der Waals surface area contributed by atoms with Crippen LogP contribution in [0.15, 0.2) is 65.8 Å². The molecule has 1 aromatic heterocycles. The minimum absolute atomic E-state index is 0.443. The third-order valence-corrected chi connectivity index (χ3v) is 6.26. The second kappa shape index (κ2) is 13.0. The minimum Gasteiger partial charge on any atom is -0.491 e. The molecule has 3 N–H and O–H groups in total. The van der Waals surface area contributed by atoms with E-state index in [1.54, 1.807) is 12.1 Å². The molecule has 0 fully saturated rings. The first-order valence-corrected chi connectivity index (χ1v) is 13.0. The number of hydrazone groups is 1. The number of aromatic nitrogens is 2. The highest BCUT2D eigenvalue weighted by atomic mass is 16.5. The van der Waals surface area contributed by atoms with E-state index in [1.807, 2.05) is 81.6 Å². The Bertz CT molecular complexity index is 1430. The van der Waals surface area contributed by atoms with Gasteiger partial charge in [0.15, 0.2) is 5.82 Å². The molecular formula is C30H36N6O3. The van der Waals surface area contributed by atoms with Crippen molar-refractivity contribution in [2.75, 3.05) is 43.0 Å². The minimum atomic E-state index is -0.613. The lowest BCUT2D eigenvalue weighted by Crippen LogP contribution is -2.17. The summed E-state index contributed by atoms with van der Waals surface area (Å²) < 4.78 is 11.0. The van der Waals surface area contributed by atoms with E-state index in [-0.39, 0.29) is 0 Å². The van der Waals surface area contributed by atoms with E-state index < -0.39 is 6.23 Å². The Hall–Kier alpha value is -4.21. The molecule has 9 nitrogen and oxygen atoms in total. The third kappa shape index (κ3) is 7.01. The number of rotatable bonds is 13. The predicted molar refractivity (Wildman–Crippen MR) is 159 cm³/mol. The molecule has 1 unspecified atom stereocenters. The molecule has 9 heteroatoms. The second-order valence-electron chi connectivity index (χ2n) is 9.24. The van der Waals surface area contributed by atoms with E-state index in [1.165, 1.54) is 0 Å².